The Kier molecular flexibility index (Phi) is 5.97. The molecular formula is C24H21N3O5S. The summed E-state index contributed by atoms with van der Waals surface area (Å²) in [5, 5.41) is 0. The van der Waals surface area contributed by atoms with E-state index in [0.29, 0.717) is 17.0 Å². The molecule has 2 heterocycles. The Labute approximate surface area is 190 Å². The van der Waals surface area contributed by atoms with Gasteiger partial charge in [-0.3, -0.25) is 13.9 Å². The summed E-state index contributed by atoms with van der Waals surface area (Å²) in [4.78, 5) is 29.0. The number of nitrogens with one attached hydrogen (secondary N) is 1. The third-order valence-corrected chi connectivity index (χ3v) is 6.33. The van der Waals surface area contributed by atoms with E-state index in [1.807, 2.05) is 13.8 Å². The predicted octanol–water partition coefficient (Wildman–Crippen LogP) is 3.47. The monoisotopic (exact) mass is 463 g/mol. The standard InChI is InChI=1S/C24H21N3O5S/c1-16-3-7-19(8-4-16)26-33(30,31)21-9-5-18(6-10-21)24(29)32-15-20-14-23(28)27-12-11-17(2)13-22(27)25-20/h3-14,26H,15H2,1-2H3. The number of hydrogen-bond donors (Lipinski definition) is 1. The Morgan fingerprint density at radius 3 is 2.36 bits per heavy atom. The molecule has 33 heavy (non-hydrogen) atoms. The fraction of sp³-hybridized carbons (Fsp3) is 0.125. The van der Waals surface area contributed by atoms with E-state index in [-0.39, 0.29) is 22.6 Å². The lowest BCUT2D eigenvalue weighted by atomic mass is 10.2. The zero-order chi connectivity index (χ0) is 23.6. The molecule has 0 amide bonds. The highest BCUT2D eigenvalue weighted by atomic mass is 32.2. The van der Waals surface area contributed by atoms with Crippen molar-refractivity contribution in [3.63, 3.8) is 0 Å². The molecule has 0 aliphatic rings. The molecule has 0 spiro atoms. The average Bonchev–Trinajstić information content (AvgIpc) is 2.78. The van der Waals surface area contributed by atoms with Crippen LogP contribution in [0.15, 0.2) is 82.6 Å². The number of aromatic nitrogens is 2. The molecule has 0 aliphatic carbocycles. The van der Waals surface area contributed by atoms with E-state index in [9.17, 15) is 18.0 Å². The molecule has 0 saturated carbocycles. The fourth-order valence-electron chi connectivity index (χ4n) is 3.16. The maximum Gasteiger partial charge on any atom is 0.338 e. The van der Waals surface area contributed by atoms with Crippen LogP contribution in [0.1, 0.15) is 27.2 Å². The Bertz CT molecular complexity index is 1490. The molecule has 0 radical (unpaired) electrons. The summed E-state index contributed by atoms with van der Waals surface area (Å²) in [6.07, 6.45) is 1.64. The molecule has 9 heteroatoms. The minimum Gasteiger partial charge on any atom is -0.456 e. The molecule has 0 aliphatic heterocycles. The van der Waals surface area contributed by atoms with Crippen molar-refractivity contribution in [1.29, 1.82) is 0 Å². The van der Waals surface area contributed by atoms with E-state index >= 15 is 0 Å². The molecule has 168 valence electrons. The molecular weight excluding hydrogens is 442 g/mol. The van der Waals surface area contributed by atoms with Crippen molar-refractivity contribution in [2.45, 2.75) is 25.3 Å². The van der Waals surface area contributed by atoms with Crippen LogP contribution in [0.5, 0.6) is 0 Å². The number of aryl methyl sites for hydroxylation is 2. The van der Waals surface area contributed by atoms with Crippen LogP contribution in [0.3, 0.4) is 0 Å². The Morgan fingerprint density at radius 1 is 0.970 bits per heavy atom. The first-order valence-electron chi connectivity index (χ1n) is 10.1. The summed E-state index contributed by atoms with van der Waals surface area (Å²) in [5.74, 6) is -0.656. The molecule has 4 rings (SSSR count). The largest absolute Gasteiger partial charge is 0.456 e. The lowest BCUT2D eigenvalue weighted by Gasteiger charge is -2.09. The van der Waals surface area contributed by atoms with E-state index < -0.39 is 16.0 Å². The number of nitrogens with zero attached hydrogens (tertiary/aromatic N) is 2. The van der Waals surface area contributed by atoms with Gasteiger partial charge in [-0.2, -0.15) is 0 Å². The number of carbonyl (C=O) groups excluding carboxylic acids is 1. The van der Waals surface area contributed by atoms with Crippen molar-refractivity contribution in [1.82, 2.24) is 9.38 Å². The Morgan fingerprint density at radius 2 is 1.67 bits per heavy atom. The minimum atomic E-state index is -3.80. The third kappa shape index (κ3) is 5.09. The van der Waals surface area contributed by atoms with E-state index in [1.54, 1.807) is 42.6 Å². The zero-order valence-corrected chi connectivity index (χ0v) is 18.8. The smallest absolute Gasteiger partial charge is 0.338 e. The van der Waals surface area contributed by atoms with Gasteiger partial charge in [0, 0.05) is 18.0 Å². The molecule has 2 aromatic carbocycles. The summed E-state index contributed by atoms with van der Waals surface area (Å²) in [6.45, 7) is 3.61. The van der Waals surface area contributed by atoms with E-state index in [1.165, 1.54) is 34.7 Å². The van der Waals surface area contributed by atoms with Gasteiger partial charge in [0.25, 0.3) is 15.6 Å². The second-order valence-electron chi connectivity index (χ2n) is 7.59. The van der Waals surface area contributed by atoms with Crippen molar-refractivity contribution in [2.75, 3.05) is 4.72 Å². The van der Waals surface area contributed by atoms with Crippen molar-refractivity contribution in [3.05, 3.63) is 106 Å². The molecule has 1 N–H and O–H groups in total. The topological polar surface area (TPSA) is 107 Å². The van der Waals surface area contributed by atoms with Crippen LogP contribution in [0.2, 0.25) is 0 Å². The van der Waals surface area contributed by atoms with E-state index in [4.69, 9.17) is 4.74 Å². The van der Waals surface area contributed by atoms with Crippen molar-refractivity contribution in [2.24, 2.45) is 0 Å². The van der Waals surface area contributed by atoms with Crippen molar-refractivity contribution < 1.29 is 17.9 Å². The van der Waals surface area contributed by atoms with Gasteiger partial charge in [-0.1, -0.05) is 17.7 Å². The molecule has 0 bridgehead atoms. The van der Waals surface area contributed by atoms with Crippen LogP contribution in [0.25, 0.3) is 5.65 Å². The highest BCUT2D eigenvalue weighted by molar-refractivity contribution is 7.92. The zero-order valence-electron chi connectivity index (χ0n) is 18.0. The first-order chi connectivity index (χ1) is 15.7. The van der Waals surface area contributed by atoms with Gasteiger partial charge in [-0.15, -0.1) is 0 Å². The number of ether oxygens (including phenoxy) is 1. The Balaban J connectivity index is 1.44. The van der Waals surface area contributed by atoms with Crippen LogP contribution in [0, 0.1) is 13.8 Å². The number of pyridine rings is 1. The number of fused-ring (bicyclic) bond motifs is 1. The van der Waals surface area contributed by atoms with E-state index in [0.717, 1.165) is 11.1 Å². The van der Waals surface area contributed by atoms with Gasteiger partial charge in [0.2, 0.25) is 0 Å². The fourth-order valence-corrected chi connectivity index (χ4v) is 4.21. The number of carbonyl (C=O) groups is 1. The molecule has 4 aromatic rings. The molecule has 0 atom stereocenters. The van der Waals surface area contributed by atoms with Crippen LogP contribution in [-0.2, 0) is 21.4 Å². The van der Waals surface area contributed by atoms with Gasteiger partial charge < -0.3 is 4.74 Å². The number of rotatable bonds is 6. The summed E-state index contributed by atoms with van der Waals surface area (Å²) in [6, 6.07) is 17.2. The summed E-state index contributed by atoms with van der Waals surface area (Å²) in [7, 11) is -3.80. The van der Waals surface area contributed by atoms with Gasteiger partial charge >= 0.3 is 5.97 Å². The highest BCUT2D eigenvalue weighted by Crippen LogP contribution is 2.18. The normalized spacial score (nSPS) is 11.3. The average molecular weight is 464 g/mol. The summed E-state index contributed by atoms with van der Waals surface area (Å²) in [5.41, 5.74) is 3.09. The lowest BCUT2D eigenvalue weighted by Crippen LogP contribution is -2.17. The van der Waals surface area contributed by atoms with Crippen molar-refractivity contribution in [3.8, 4) is 0 Å². The quantitative estimate of drug-likeness (QED) is 0.439. The van der Waals surface area contributed by atoms with Gasteiger partial charge in [0.15, 0.2) is 0 Å². The third-order valence-electron chi connectivity index (χ3n) is 4.93. The second-order valence-corrected chi connectivity index (χ2v) is 9.27. The van der Waals surface area contributed by atoms with Gasteiger partial charge in [0.1, 0.15) is 12.3 Å². The summed E-state index contributed by atoms with van der Waals surface area (Å²) < 4.78 is 34.3. The van der Waals surface area contributed by atoms with Crippen LogP contribution >= 0.6 is 0 Å². The van der Waals surface area contributed by atoms with E-state index in [2.05, 4.69) is 9.71 Å². The Hall–Kier alpha value is -3.98. The van der Waals surface area contributed by atoms with Crippen molar-refractivity contribution >= 4 is 27.3 Å². The summed E-state index contributed by atoms with van der Waals surface area (Å²) >= 11 is 0. The van der Waals surface area contributed by atoms with Crippen LogP contribution < -0.4 is 10.3 Å². The number of benzene rings is 2. The number of esters is 1. The van der Waals surface area contributed by atoms with Gasteiger partial charge in [-0.25, -0.2) is 18.2 Å². The van der Waals surface area contributed by atoms with Gasteiger partial charge in [-0.05, 0) is 67.9 Å². The highest BCUT2D eigenvalue weighted by Gasteiger charge is 2.16. The van der Waals surface area contributed by atoms with Crippen LogP contribution in [-0.4, -0.2) is 23.8 Å². The second kappa shape index (κ2) is 8.87. The maximum atomic E-state index is 12.6. The maximum absolute atomic E-state index is 12.6. The predicted molar refractivity (Wildman–Crippen MR) is 124 cm³/mol. The first-order valence-corrected chi connectivity index (χ1v) is 11.6. The first kappa shape index (κ1) is 22.2. The molecule has 8 nitrogen and oxygen atoms in total. The lowest BCUT2D eigenvalue weighted by molar-refractivity contribution is 0.0467. The molecule has 0 unspecified atom stereocenters. The minimum absolute atomic E-state index is 0.0132. The van der Waals surface area contributed by atoms with Crippen LogP contribution in [0.4, 0.5) is 5.69 Å². The molecule has 0 fully saturated rings. The number of sulfonamides is 1. The molecule has 0 saturated heterocycles. The molecule has 2 aromatic heterocycles. The number of hydrogen-bond acceptors (Lipinski definition) is 6. The SMILES string of the molecule is Cc1ccc(NS(=O)(=O)c2ccc(C(=O)OCc3cc(=O)n4ccc(C)cc4n3)cc2)cc1. The number of anilines is 1. The van der Waals surface area contributed by atoms with Gasteiger partial charge in [0.05, 0.1) is 16.2 Å².